The lowest BCUT2D eigenvalue weighted by Gasteiger charge is -2.22. The molecular weight excluding hydrogens is 937 g/mol. The quantitative estimate of drug-likeness (QED) is 0.0586. The zero-order valence-corrected chi connectivity index (χ0v) is 44.1. The summed E-state index contributed by atoms with van der Waals surface area (Å²) >= 11 is 0. The second-order valence-corrected chi connectivity index (χ2v) is 24.5. The number of nitrogen functional groups attached to an aromatic ring is 2. The number of carbonyl (C=O) groups excluding carboxylic acids is 2. The third-order valence-electron chi connectivity index (χ3n) is 8.75. The first-order chi connectivity index (χ1) is 31.9. The molecule has 0 atom stereocenters. The minimum atomic E-state index is -3.76. The Morgan fingerprint density at radius 1 is 0.614 bits per heavy atom. The molecule has 0 fully saturated rings. The summed E-state index contributed by atoms with van der Waals surface area (Å²) in [7, 11) is -7.25. The van der Waals surface area contributed by atoms with Gasteiger partial charge in [0.2, 0.25) is 15.7 Å². The molecular formula is C50H72N8O10S2. The summed E-state index contributed by atoms with van der Waals surface area (Å²) in [5, 5.41) is 5.01. The van der Waals surface area contributed by atoms with Gasteiger partial charge in [-0.3, -0.25) is 9.59 Å². The summed E-state index contributed by atoms with van der Waals surface area (Å²) in [4.78, 5) is 26.2. The number of amidine groups is 1. The molecule has 0 aromatic heterocycles. The van der Waals surface area contributed by atoms with Crippen molar-refractivity contribution in [2.24, 2.45) is 48.4 Å². The number of nitrogens with zero attached hydrogens (tertiary/aromatic N) is 2. The van der Waals surface area contributed by atoms with Crippen LogP contribution in [-0.4, -0.2) is 60.9 Å². The number of sulfonamides is 2. The number of rotatable bonds is 12. The van der Waals surface area contributed by atoms with Crippen molar-refractivity contribution < 1.29 is 45.4 Å². The Hall–Kier alpha value is -6.56. The smallest absolute Gasteiger partial charge is 0.259 e. The fourth-order valence-corrected chi connectivity index (χ4v) is 7.49. The Labute approximate surface area is 414 Å². The summed E-state index contributed by atoms with van der Waals surface area (Å²) < 4.78 is 71.5. The van der Waals surface area contributed by atoms with Crippen molar-refractivity contribution in [3.63, 3.8) is 0 Å². The fraction of sp³-hybridized carbons (Fsp3) is 0.440. The topological polar surface area (TPSA) is 312 Å². The summed E-state index contributed by atoms with van der Waals surface area (Å²) in [6.07, 6.45) is 0. The van der Waals surface area contributed by atoms with E-state index >= 15 is 0 Å². The van der Waals surface area contributed by atoms with Crippen LogP contribution in [-0.2, 0) is 31.6 Å². The molecule has 0 radical (unpaired) electrons. The highest BCUT2D eigenvalue weighted by Gasteiger charge is 2.26. The number of hydrogen-bond donors (Lipinski definition) is 6. The van der Waals surface area contributed by atoms with Gasteiger partial charge in [0.05, 0.1) is 55.6 Å². The third kappa shape index (κ3) is 21.4. The maximum atomic E-state index is 11.6. The first-order valence-corrected chi connectivity index (χ1v) is 25.3. The first kappa shape index (κ1) is 59.6. The van der Waals surface area contributed by atoms with Crippen molar-refractivity contribution in [2.75, 3.05) is 37.9 Å². The van der Waals surface area contributed by atoms with Crippen LogP contribution in [0.2, 0.25) is 0 Å². The van der Waals surface area contributed by atoms with Crippen LogP contribution in [0.5, 0.6) is 23.0 Å². The van der Waals surface area contributed by atoms with E-state index in [4.69, 9.17) is 59.3 Å². The second-order valence-electron chi connectivity index (χ2n) is 21.2. The number of nitrogens with two attached hydrogens (primary N) is 6. The van der Waals surface area contributed by atoms with Gasteiger partial charge in [-0.1, -0.05) is 119 Å². The van der Waals surface area contributed by atoms with Crippen LogP contribution in [0.4, 0.5) is 17.1 Å². The number of primary amides is 2. The van der Waals surface area contributed by atoms with E-state index in [1.54, 1.807) is 66.7 Å². The van der Waals surface area contributed by atoms with Crippen LogP contribution in [0.3, 0.4) is 0 Å². The standard InChI is InChI=1S/C13H20N2O4S.C13H18N2O3S.C12H18N2O2.C12H16N2O/c1-13(2,3)8-19-10-6-4-5-9(7-20(15,17)18)11(10)12(14)16;1-13(2,3)8-18-10-6-4-5-9-7-19(16,17)15-12(14)11(9)10;1-12(2,3)7-16-9-6-4-5-8(13)10(9)11(14)15;1-12(2,3)8-15-10-7-5-6-9(13)11(10)14-4/h4-6H,7-8H2,1-3H3,(H2,14,16)(H2,15,17,18);4-6H,7-8H2,1-3H3,(H2,14,15);4-6H,7,13H2,1-3H3,(H2,14,15);5-7H,8,13H2,1-3H3. The van der Waals surface area contributed by atoms with Crippen molar-refractivity contribution in [3.05, 3.63) is 112 Å². The van der Waals surface area contributed by atoms with Crippen LogP contribution >= 0.6 is 0 Å². The van der Waals surface area contributed by atoms with Crippen LogP contribution in [0.1, 0.15) is 120 Å². The molecule has 0 spiro atoms. The average molecular weight is 1010 g/mol. The van der Waals surface area contributed by atoms with Gasteiger partial charge < -0.3 is 47.6 Å². The highest BCUT2D eigenvalue weighted by molar-refractivity contribution is 7.89. The molecule has 0 saturated heterocycles. The van der Waals surface area contributed by atoms with Gasteiger partial charge in [-0.15, -0.1) is 4.40 Å². The van der Waals surface area contributed by atoms with E-state index in [1.807, 2.05) is 41.5 Å². The lowest BCUT2D eigenvalue weighted by Crippen LogP contribution is -2.26. The number of amides is 2. The number of primary sulfonamides is 1. The van der Waals surface area contributed by atoms with Crippen molar-refractivity contribution >= 4 is 54.8 Å². The van der Waals surface area contributed by atoms with Gasteiger partial charge >= 0.3 is 0 Å². The highest BCUT2D eigenvalue weighted by Crippen LogP contribution is 2.35. The zero-order valence-electron chi connectivity index (χ0n) is 42.4. The number of anilines is 2. The van der Waals surface area contributed by atoms with E-state index < -0.39 is 37.6 Å². The third-order valence-corrected chi connectivity index (χ3v) is 10.6. The molecule has 4 aromatic rings. The van der Waals surface area contributed by atoms with Gasteiger partial charge in [0, 0.05) is 11.4 Å². The minimum absolute atomic E-state index is 0.00533. The molecule has 384 valence electrons. The monoisotopic (exact) mass is 1010 g/mol. The van der Waals surface area contributed by atoms with Crippen molar-refractivity contribution in [3.8, 4) is 23.0 Å². The summed E-state index contributed by atoms with van der Waals surface area (Å²) in [6, 6.07) is 20.3. The molecule has 2 amide bonds. The average Bonchev–Trinajstić information content (AvgIpc) is 3.19. The SMILES string of the molecule is CC(C)(C)COc1cccc(CS(N)(=O)=O)c1C(N)=O.CC(C)(C)COc1cccc(N)c1C(N)=O.CC(C)(C)COc1cccc2c1C(N)=NS(=O)(=O)C2.[C-]#[N+]c1c(N)cccc1OCC(C)(C)C. The van der Waals surface area contributed by atoms with Gasteiger partial charge in [0.15, 0.2) is 0 Å². The van der Waals surface area contributed by atoms with Crippen molar-refractivity contribution in [1.29, 1.82) is 0 Å². The van der Waals surface area contributed by atoms with E-state index in [2.05, 4.69) is 50.8 Å². The molecule has 0 unspecified atom stereocenters. The summed E-state index contributed by atoms with van der Waals surface area (Å²) in [6.45, 7) is 33.5. The van der Waals surface area contributed by atoms with Crippen molar-refractivity contribution in [1.82, 2.24) is 0 Å². The van der Waals surface area contributed by atoms with Gasteiger partial charge in [0.25, 0.3) is 21.8 Å². The zero-order chi connectivity index (χ0) is 53.6. The second kappa shape index (κ2) is 24.3. The van der Waals surface area contributed by atoms with E-state index in [0.717, 1.165) is 0 Å². The Bertz CT molecular complexity index is 2760. The lowest BCUT2D eigenvalue weighted by molar-refractivity contribution is 0.0984. The number of hydrogen-bond acceptors (Lipinski definition) is 13. The van der Waals surface area contributed by atoms with Gasteiger partial charge in [-0.2, -0.15) is 0 Å². The van der Waals surface area contributed by atoms with Gasteiger partial charge in [0.1, 0.15) is 34.4 Å². The van der Waals surface area contributed by atoms with Gasteiger partial charge in [-0.25, -0.2) is 26.8 Å². The molecule has 0 saturated carbocycles. The molecule has 0 aliphatic carbocycles. The van der Waals surface area contributed by atoms with E-state index in [1.165, 1.54) is 6.07 Å². The molecule has 12 N–H and O–H groups in total. The Morgan fingerprint density at radius 3 is 1.44 bits per heavy atom. The predicted molar refractivity (Wildman–Crippen MR) is 278 cm³/mol. The Balaban J connectivity index is 0.000000322. The van der Waals surface area contributed by atoms with Crippen LogP contribution < -0.4 is 52.8 Å². The van der Waals surface area contributed by atoms with Crippen LogP contribution in [0, 0.1) is 28.2 Å². The molecule has 20 heteroatoms. The molecule has 1 aliphatic rings. The molecule has 1 aliphatic heterocycles. The Morgan fingerprint density at radius 2 is 1.00 bits per heavy atom. The molecule has 0 bridgehead atoms. The largest absolute Gasteiger partial charge is 0.504 e. The van der Waals surface area contributed by atoms with Crippen LogP contribution in [0.25, 0.3) is 4.85 Å². The van der Waals surface area contributed by atoms with E-state index in [0.29, 0.717) is 71.9 Å². The lowest BCUT2D eigenvalue weighted by atomic mass is 9.98. The molecule has 4 aromatic carbocycles. The molecule has 70 heavy (non-hydrogen) atoms. The normalized spacial score (nSPS) is 13.1. The van der Waals surface area contributed by atoms with E-state index in [9.17, 15) is 26.4 Å². The molecule has 18 nitrogen and oxygen atoms in total. The summed E-state index contributed by atoms with van der Waals surface area (Å²) in [5.74, 6) is -0.0197. The van der Waals surface area contributed by atoms with Crippen molar-refractivity contribution in [2.45, 2.75) is 94.6 Å². The number of benzene rings is 4. The molecule has 5 rings (SSSR count). The maximum absolute atomic E-state index is 11.6. The predicted octanol–water partition coefficient (Wildman–Crippen LogP) is 7.70. The number of fused-ring (bicyclic) bond motifs is 1. The minimum Gasteiger partial charge on any atom is -0.504 e. The Kier molecular flexibility index (Phi) is 20.7. The molecule has 1 heterocycles. The number of carbonyl (C=O) groups is 2. The maximum Gasteiger partial charge on any atom is 0.259 e. The first-order valence-electron chi connectivity index (χ1n) is 22.0. The fourth-order valence-electron chi connectivity index (χ4n) is 5.73. The van der Waals surface area contributed by atoms with Crippen LogP contribution in [0.15, 0.2) is 77.2 Å². The number of para-hydroxylation sites is 1. The summed E-state index contributed by atoms with van der Waals surface area (Å²) in [5.41, 5.74) is 30.7. The number of ether oxygens (including phenoxy) is 4. The van der Waals surface area contributed by atoms with E-state index in [-0.39, 0.29) is 55.7 Å². The van der Waals surface area contributed by atoms with Gasteiger partial charge in [-0.05, 0) is 69.2 Å². The highest BCUT2D eigenvalue weighted by atomic mass is 32.2.